The molecular formula is C25H30N6O3S. The maximum atomic E-state index is 13.5. The van der Waals surface area contributed by atoms with Gasteiger partial charge in [-0.15, -0.1) is 10.2 Å². The number of anilines is 2. The van der Waals surface area contributed by atoms with Gasteiger partial charge in [0.1, 0.15) is 17.9 Å². The van der Waals surface area contributed by atoms with E-state index in [9.17, 15) is 9.59 Å². The van der Waals surface area contributed by atoms with Crippen molar-refractivity contribution in [1.29, 1.82) is 0 Å². The number of ether oxygens (including phenoxy) is 1. The van der Waals surface area contributed by atoms with E-state index in [1.807, 2.05) is 42.5 Å². The quantitative estimate of drug-likeness (QED) is 0.378. The lowest BCUT2D eigenvalue weighted by atomic mass is 9.96. The van der Waals surface area contributed by atoms with Crippen molar-refractivity contribution >= 4 is 35.0 Å². The van der Waals surface area contributed by atoms with E-state index in [1.54, 1.807) is 31.7 Å². The fourth-order valence-electron chi connectivity index (χ4n) is 3.82. The molecule has 0 fully saturated rings. The Morgan fingerprint density at radius 3 is 2.49 bits per heavy atom. The Labute approximate surface area is 209 Å². The molecule has 0 aliphatic carbocycles. The second-order valence-electron chi connectivity index (χ2n) is 9.25. The minimum atomic E-state index is -1.05. The maximum absolute atomic E-state index is 13.5. The van der Waals surface area contributed by atoms with Crippen LogP contribution in [0.15, 0.2) is 53.7 Å². The highest BCUT2D eigenvalue weighted by Gasteiger charge is 2.45. The largest absolute Gasteiger partial charge is 0.486 e. The van der Waals surface area contributed by atoms with E-state index in [1.165, 1.54) is 22.0 Å². The monoisotopic (exact) mass is 494 g/mol. The number of para-hydroxylation sites is 2. The highest BCUT2D eigenvalue weighted by molar-refractivity contribution is 8.00. The number of thioether (sulfide) groups is 1. The number of benzene rings is 2. The first-order valence-electron chi connectivity index (χ1n) is 11.4. The molecule has 184 valence electrons. The number of amides is 2. The first kappa shape index (κ1) is 24.6. The lowest BCUT2D eigenvalue weighted by Crippen LogP contribution is -2.60. The van der Waals surface area contributed by atoms with Crippen LogP contribution in [-0.4, -0.2) is 37.5 Å². The number of hydrogen-bond donors (Lipinski definition) is 2. The Morgan fingerprint density at radius 1 is 1.11 bits per heavy atom. The molecule has 1 aliphatic rings. The molecule has 1 atom stereocenters. The molecule has 0 spiro atoms. The summed E-state index contributed by atoms with van der Waals surface area (Å²) in [5.74, 6) is 7.32. The molecule has 0 radical (unpaired) electrons. The van der Waals surface area contributed by atoms with Crippen LogP contribution in [0.4, 0.5) is 11.4 Å². The molecule has 3 aromatic rings. The molecular weight excluding hydrogens is 464 g/mol. The number of nitrogens with zero attached hydrogens (tertiary/aromatic N) is 4. The third-order valence-corrected chi connectivity index (χ3v) is 7.05. The van der Waals surface area contributed by atoms with Gasteiger partial charge in [0, 0.05) is 0 Å². The zero-order valence-electron chi connectivity index (χ0n) is 20.5. The second kappa shape index (κ2) is 9.61. The number of nitrogens with two attached hydrogens (primary N) is 1. The third-order valence-electron chi connectivity index (χ3n) is 6.01. The molecule has 10 heteroatoms. The standard InChI is InChI=1S/C25H30N6O3S/c1-15(2)17-10-12-18(13-11-17)34-14-21-28-29-24(31(21)26)35-16(3)22(32)30-20-9-7-6-8-19(20)27-23(33)25(30,4)5/h6-13,15-16H,14,26H2,1-5H3,(H,27,33). The molecule has 2 aromatic carbocycles. The van der Waals surface area contributed by atoms with Crippen LogP contribution in [0.1, 0.15) is 51.9 Å². The maximum Gasteiger partial charge on any atom is 0.250 e. The van der Waals surface area contributed by atoms with Gasteiger partial charge >= 0.3 is 0 Å². The van der Waals surface area contributed by atoms with Gasteiger partial charge in [0.25, 0.3) is 0 Å². The van der Waals surface area contributed by atoms with Crippen molar-refractivity contribution in [2.45, 2.75) is 63.1 Å². The van der Waals surface area contributed by atoms with Crippen LogP contribution in [0, 0.1) is 0 Å². The highest BCUT2D eigenvalue weighted by atomic mass is 32.2. The molecule has 2 heterocycles. The van der Waals surface area contributed by atoms with Crippen molar-refractivity contribution < 1.29 is 14.3 Å². The summed E-state index contributed by atoms with van der Waals surface area (Å²) in [5.41, 5.74) is 1.43. The Balaban J connectivity index is 1.46. The van der Waals surface area contributed by atoms with Gasteiger partial charge in [-0.1, -0.05) is 49.9 Å². The fourth-order valence-corrected chi connectivity index (χ4v) is 4.65. The molecule has 9 nitrogen and oxygen atoms in total. The zero-order chi connectivity index (χ0) is 25.3. The van der Waals surface area contributed by atoms with E-state index in [-0.39, 0.29) is 18.4 Å². The second-order valence-corrected chi connectivity index (χ2v) is 10.6. The number of hydrogen-bond acceptors (Lipinski definition) is 7. The summed E-state index contributed by atoms with van der Waals surface area (Å²) in [5, 5.41) is 11.0. The summed E-state index contributed by atoms with van der Waals surface area (Å²) in [7, 11) is 0. The molecule has 0 bridgehead atoms. The molecule has 1 unspecified atom stereocenters. The molecule has 0 saturated heterocycles. The van der Waals surface area contributed by atoms with Crippen molar-refractivity contribution in [2.75, 3.05) is 16.1 Å². The number of nitrogen functional groups attached to an aromatic ring is 1. The van der Waals surface area contributed by atoms with E-state index >= 15 is 0 Å². The van der Waals surface area contributed by atoms with Crippen molar-refractivity contribution in [3.63, 3.8) is 0 Å². The first-order valence-corrected chi connectivity index (χ1v) is 12.3. The highest BCUT2D eigenvalue weighted by Crippen LogP contribution is 2.38. The van der Waals surface area contributed by atoms with Crippen LogP contribution in [-0.2, 0) is 16.2 Å². The summed E-state index contributed by atoms with van der Waals surface area (Å²) in [6, 6.07) is 15.1. The Morgan fingerprint density at radius 2 is 1.80 bits per heavy atom. The summed E-state index contributed by atoms with van der Waals surface area (Å²) < 4.78 is 7.15. The average molecular weight is 495 g/mol. The lowest BCUT2D eigenvalue weighted by Gasteiger charge is -2.43. The van der Waals surface area contributed by atoms with Crippen LogP contribution in [0.5, 0.6) is 5.75 Å². The molecule has 1 aliphatic heterocycles. The minimum absolute atomic E-state index is 0.139. The normalized spacial score (nSPS) is 15.5. The van der Waals surface area contributed by atoms with Crippen molar-refractivity contribution in [1.82, 2.24) is 14.9 Å². The summed E-state index contributed by atoms with van der Waals surface area (Å²) >= 11 is 1.18. The lowest BCUT2D eigenvalue weighted by molar-refractivity contribution is -0.126. The molecule has 35 heavy (non-hydrogen) atoms. The predicted octanol–water partition coefficient (Wildman–Crippen LogP) is 3.94. The molecule has 3 N–H and O–H groups in total. The van der Waals surface area contributed by atoms with Gasteiger partial charge in [0.05, 0.1) is 16.6 Å². The molecule has 0 saturated carbocycles. The molecule has 4 rings (SSSR count). The Kier molecular flexibility index (Phi) is 6.75. The van der Waals surface area contributed by atoms with E-state index in [4.69, 9.17) is 10.6 Å². The first-order chi connectivity index (χ1) is 16.6. The van der Waals surface area contributed by atoms with Crippen molar-refractivity contribution in [3.05, 3.63) is 59.9 Å². The predicted molar refractivity (Wildman–Crippen MR) is 137 cm³/mol. The van der Waals surface area contributed by atoms with E-state index in [0.717, 1.165) is 0 Å². The van der Waals surface area contributed by atoms with Gasteiger partial charge in [-0.05, 0) is 56.5 Å². The number of rotatable bonds is 7. The zero-order valence-corrected chi connectivity index (χ0v) is 21.3. The van der Waals surface area contributed by atoms with Crippen LogP contribution in [0.3, 0.4) is 0 Å². The van der Waals surface area contributed by atoms with Gasteiger partial charge in [-0.2, -0.15) is 0 Å². The summed E-state index contributed by atoms with van der Waals surface area (Å²) in [6.45, 7) is 9.62. The number of fused-ring (bicyclic) bond motifs is 1. The van der Waals surface area contributed by atoms with Gasteiger partial charge in [0.15, 0.2) is 5.82 Å². The van der Waals surface area contributed by atoms with Crippen LogP contribution < -0.4 is 20.8 Å². The minimum Gasteiger partial charge on any atom is -0.486 e. The number of aromatic nitrogens is 3. The Hall–Kier alpha value is -3.53. The van der Waals surface area contributed by atoms with E-state index < -0.39 is 10.8 Å². The fraction of sp³-hybridized carbons (Fsp3) is 0.360. The van der Waals surface area contributed by atoms with E-state index in [2.05, 4.69) is 29.4 Å². The number of carbonyl (C=O) groups is 2. The number of carbonyl (C=O) groups excluding carboxylic acids is 2. The Bertz CT molecular complexity index is 1240. The van der Waals surface area contributed by atoms with Gasteiger partial charge in [-0.25, -0.2) is 4.68 Å². The van der Waals surface area contributed by atoms with Crippen LogP contribution >= 0.6 is 11.8 Å². The van der Waals surface area contributed by atoms with Crippen LogP contribution in [0.25, 0.3) is 0 Å². The number of nitrogens with one attached hydrogen (secondary N) is 1. The van der Waals surface area contributed by atoms with Gasteiger partial charge in [0.2, 0.25) is 17.0 Å². The average Bonchev–Trinajstić information content (AvgIpc) is 3.17. The van der Waals surface area contributed by atoms with Gasteiger partial charge in [-0.3, -0.25) is 14.5 Å². The van der Waals surface area contributed by atoms with Crippen molar-refractivity contribution in [3.8, 4) is 5.75 Å². The van der Waals surface area contributed by atoms with E-state index in [0.29, 0.717) is 34.0 Å². The SMILES string of the molecule is CC(Sc1nnc(COc2ccc(C(C)C)cc2)n1N)C(=O)N1c2ccccc2NC(=O)C1(C)C. The van der Waals surface area contributed by atoms with Crippen LogP contribution in [0.2, 0.25) is 0 Å². The van der Waals surface area contributed by atoms with Crippen molar-refractivity contribution in [2.24, 2.45) is 0 Å². The van der Waals surface area contributed by atoms with Gasteiger partial charge < -0.3 is 15.9 Å². The smallest absolute Gasteiger partial charge is 0.250 e. The summed E-state index contributed by atoms with van der Waals surface area (Å²) in [6.07, 6.45) is 0. The third kappa shape index (κ3) is 4.84. The molecule has 1 aromatic heterocycles. The topological polar surface area (TPSA) is 115 Å². The summed E-state index contributed by atoms with van der Waals surface area (Å²) in [4.78, 5) is 27.8. The molecule has 2 amide bonds.